The molecule has 0 saturated heterocycles. The number of nitrogens with zero attached hydrogens (tertiary/aromatic N) is 2. The maximum atomic E-state index is 5.43. The molecule has 2 rings (SSSR count). The summed E-state index contributed by atoms with van der Waals surface area (Å²) in [5, 5.41) is 4.06. The van der Waals surface area contributed by atoms with Crippen molar-refractivity contribution in [1.82, 2.24) is 10.1 Å². The molecule has 5 heteroatoms. The number of thioether (sulfide) groups is 1. The molecule has 2 aromatic rings. The molecule has 0 aromatic carbocycles. The zero-order valence-corrected chi connectivity index (χ0v) is 12.9. The number of aryl methyl sites for hydroxylation is 3. The lowest BCUT2D eigenvalue weighted by Gasteiger charge is -2.04. The van der Waals surface area contributed by atoms with E-state index in [0.717, 1.165) is 40.3 Å². The first-order chi connectivity index (χ1) is 8.99. The zero-order valence-electron chi connectivity index (χ0n) is 12.1. The van der Waals surface area contributed by atoms with Crippen LogP contribution in [0.2, 0.25) is 0 Å². The van der Waals surface area contributed by atoms with E-state index in [1.807, 2.05) is 32.5 Å². The number of rotatable bonds is 5. The predicted octanol–water partition coefficient (Wildman–Crippen LogP) is 4.14. The van der Waals surface area contributed by atoms with Crippen molar-refractivity contribution in [2.24, 2.45) is 0 Å². The molecular formula is C14H20N2O2S. The summed E-state index contributed by atoms with van der Waals surface area (Å²) in [5.74, 6) is 4.76. The Morgan fingerprint density at radius 2 is 1.89 bits per heavy atom. The van der Waals surface area contributed by atoms with Gasteiger partial charge in [-0.05, 0) is 13.8 Å². The van der Waals surface area contributed by atoms with E-state index in [-0.39, 0.29) is 0 Å². The van der Waals surface area contributed by atoms with Gasteiger partial charge in [0.25, 0.3) is 0 Å². The molecule has 0 aliphatic rings. The maximum Gasteiger partial charge on any atom is 0.191 e. The Morgan fingerprint density at radius 3 is 2.47 bits per heavy atom. The predicted molar refractivity (Wildman–Crippen MR) is 76.3 cm³/mol. The third-order valence-corrected chi connectivity index (χ3v) is 3.99. The Kier molecular flexibility index (Phi) is 4.34. The quantitative estimate of drug-likeness (QED) is 0.823. The van der Waals surface area contributed by atoms with Crippen molar-refractivity contribution in [1.29, 1.82) is 0 Å². The topological polar surface area (TPSA) is 52.1 Å². The van der Waals surface area contributed by atoms with Gasteiger partial charge in [-0.1, -0.05) is 19.0 Å². The molecule has 4 nitrogen and oxygen atoms in total. The molecule has 0 unspecified atom stereocenters. The first-order valence-corrected chi connectivity index (χ1v) is 7.60. The van der Waals surface area contributed by atoms with Crippen molar-refractivity contribution in [2.45, 2.75) is 52.0 Å². The van der Waals surface area contributed by atoms with E-state index in [1.54, 1.807) is 0 Å². The van der Waals surface area contributed by atoms with Crippen molar-refractivity contribution in [3.8, 4) is 0 Å². The first kappa shape index (κ1) is 14.2. The van der Waals surface area contributed by atoms with Gasteiger partial charge in [0.1, 0.15) is 11.5 Å². The molecule has 0 fully saturated rings. The average molecular weight is 280 g/mol. The third kappa shape index (κ3) is 3.21. The van der Waals surface area contributed by atoms with Gasteiger partial charge in [-0.15, -0.1) is 0 Å². The van der Waals surface area contributed by atoms with Crippen LogP contribution in [0.25, 0.3) is 0 Å². The van der Waals surface area contributed by atoms with E-state index < -0.39 is 0 Å². The highest BCUT2D eigenvalue weighted by Crippen LogP contribution is 2.28. The molecule has 2 heterocycles. The molecule has 0 N–H and O–H groups in total. The largest absolute Gasteiger partial charge is 0.446 e. The van der Waals surface area contributed by atoms with Crippen LogP contribution in [-0.4, -0.2) is 10.1 Å². The van der Waals surface area contributed by atoms with Crippen LogP contribution in [0.4, 0.5) is 0 Å². The van der Waals surface area contributed by atoms with Crippen LogP contribution in [0.3, 0.4) is 0 Å². The number of aromatic nitrogens is 2. The Labute approximate surface area is 118 Å². The number of hydrogen-bond acceptors (Lipinski definition) is 5. The Balaban J connectivity index is 2.00. The van der Waals surface area contributed by atoms with Gasteiger partial charge >= 0.3 is 0 Å². The van der Waals surface area contributed by atoms with Crippen molar-refractivity contribution < 1.29 is 8.94 Å². The standard InChI is InChI=1S/C14H20N2O2S/c1-8(2)14-12(9(3)16-18-14)6-19-7-13-10(4)17-11(5)15-13/h8H,6-7H2,1-5H3. The number of hydrogen-bond donors (Lipinski definition) is 0. The molecule has 0 radical (unpaired) electrons. The molecule has 0 saturated carbocycles. The minimum absolute atomic E-state index is 0.368. The fraction of sp³-hybridized carbons (Fsp3) is 0.571. The van der Waals surface area contributed by atoms with E-state index in [2.05, 4.69) is 24.0 Å². The van der Waals surface area contributed by atoms with E-state index >= 15 is 0 Å². The van der Waals surface area contributed by atoms with E-state index in [9.17, 15) is 0 Å². The molecule has 0 atom stereocenters. The van der Waals surface area contributed by atoms with Crippen molar-refractivity contribution in [2.75, 3.05) is 0 Å². The van der Waals surface area contributed by atoms with Gasteiger partial charge in [-0.2, -0.15) is 11.8 Å². The highest BCUT2D eigenvalue weighted by Gasteiger charge is 2.16. The lowest BCUT2D eigenvalue weighted by atomic mass is 10.1. The van der Waals surface area contributed by atoms with Crippen LogP contribution in [0.15, 0.2) is 8.94 Å². The molecule has 0 aliphatic carbocycles. The molecule has 0 amide bonds. The van der Waals surface area contributed by atoms with Gasteiger partial charge < -0.3 is 8.94 Å². The Hall–Kier alpha value is -1.23. The van der Waals surface area contributed by atoms with Gasteiger partial charge in [0, 0.05) is 29.9 Å². The molecule has 0 spiro atoms. The minimum atomic E-state index is 0.368. The fourth-order valence-corrected chi connectivity index (χ4v) is 3.11. The first-order valence-electron chi connectivity index (χ1n) is 6.44. The summed E-state index contributed by atoms with van der Waals surface area (Å²) in [6.07, 6.45) is 0. The summed E-state index contributed by atoms with van der Waals surface area (Å²) in [6, 6.07) is 0. The van der Waals surface area contributed by atoms with Crippen LogP contribution in [0, 0.1) is 20.8 Å². The van der Waals surface area contributed by atoms with E-state index in [0.29, 0.717) is 5.92 Å². The van der Waals surface area contributed by atoms with Crippen LogP contribution < -0.4 is 0 Å². The molecule has 19 heavy (non-hydrogen) atoms. The Bertz CT molecular complexity index is 558. The Morgan fingerprint density at radius 1 is 1.16 bits per heavy atom. The van der Waals surface area contributed by atoms with Crippen LogP contribution in [0.5, 0.6) is 0 Å². The molecular weight excluding hydrogens is 260 g/mol. The second kappa shape index (κ2) is 5.82. The lowest BCUT2D eigenvalue weighted by molar-refractivity contribution is 0.367. The number of oxazole rings is 1. The highest BCUT2D eigenvalue weighted by atomic mass is 32.2. The summed E-state index contributed by atoms with van der Waals surface area (Å²) in [4.78, 5) is 4.38. The normalized spacial score (nSPS) is 11.5. The van der Waals surface area contributed by atoms with Gasteiger partial charge in [-0.25, -0.2) is 4.98 Å². The highest BCUT2D eigenvalue weighted by molar-refractivity contribution is 7.97. The lowest BCUT2D eigenvalue weighted by Crippen LogP contribution is -1.93. The molecule has 104 valence electrons. The fourth-order valence-electron chi connectivity index (χ4n) is 1.99. The monoisotopic (exact) mass is 280 g/mol. The molecule has 0 bridgehead atoms. The van der Waals surface area contributed by atoms with Crippen molar-refractivity contribution >= 4 is 11.8 Å². The van der Waals surface area contributed by atoms with Gasteiger partial charge in [-0.3, -0.25) is 0 Å². The second-order valence-corrected chi connectivity index (χ2v) is 5.98. The van der Waals surface area contributed by atoms with Crippen LogP contribution in [0.1, 0.15) is 54.1 Å². The SMILES string of the molecule is Cc1nc(CSCc2c(C)noc2C(C)C)c(C)o1. The second-order valence-electron chi connectivity index (χ2n) is 4.99. The smallest absolute Gasteiger partial charge is 0.191 e. The molecule has 0 aliphatic heterocycles. The van der Waals surface area contributed by atoms with E-state index in [1.165, 1.54) is 5.56 Å². The van der Waals surface area contributed by atoms with Gasteiger partial charge in [0.15, 0.2) is 5.89 Å². The van der Waals surface area contributed by atoms with Crippen molar-refractivity contribution in [3.63, 3.8) is 0 Å². The maximum absolute atomic E-state index is 5.43. The van der Waals surface area contributed by atoms with Crippen LogP contribution in [-0.2, 0) is 11.5 Å². The molecule has 2 aromatic heterocycles. The third-order valence-electron chi connectivity index (χ3n) is 3.02. The summed E-state index contributed by atoms with van der Waals surface area (Å²) in [7, 11) is 0. The van der Waals surface area contributed by atoms with Crippen LogP contribution >= 0.6 is 11.8 Å². The summed E-state index contributed by atoms with van der Waals surface area (Å²) >= 11 is 1.81. The minimum Gasteiger partial charge on any atom is -0.446 e. The van der Waals surface area contributed by atoms with E-state index in [4.69, 9.17) is 8.94 Å². The average Bonchev–Trinajstić information content (AvgIpc) is 2.84. The van der Waals surface area contributed by atoms with Gasteiger partial charge in [0.05, 0.1) is 11.4 Å². The zero-order chi connectivity index (χ0) is 14.0. The summed E-state index contributed by atoms with van der Waals surface area (Å²) < 4.78 is 10.8. The summed E-state index contributed by atoms with van der Waals surface area (Å²) in [5.41, 5.74) is 3.24. The van der Waals surface area contributed by atoms with Gasteiger partial charge in [0.2, 0.25) is 0 Å². The van der Waals surface area contributed by atoms with Crippen molar-refractivity contribution in [3.05, 3.63) is 34.4 Å². The summed E-state index contributed by atoms with van der Waals surface area (Å²) in [6.45, 7) is 10.1.